The van der Waals surface area contributed by atoms with E-state index in [1.54, 1.807) is 48.4 Å². The molecular formula is C17H13N3O2S3. The van der Waals surface area contributed by atoms with Crippen molar-refractivity contribution in [1.29, 1.82) is 0 Å². The van der Waals surface area contributed by atoms with Crippen molar-refractivity contribution < 1.29 is 9.53 Å². The molecule has 0 fully saturated rings. The second kappa shape index (κ2) is 6.62. The molecule has 4 rings (SSSR count). The first-order chi connectivity index (χ1) is 12.2. The molecule has 0 saturated carbocycles. The van der Waals surface area contributed by atoms with E-state index in [1.165, 1.54) is 11.3 Å². The summed E-state index contributed by atoms with van der Waals surface area (Å²) in [5.41, 5.74) is 2.31. The number of hydrogen-bond donors (Lipinski definition) is 1. The van der Waals surface area contributed by atoms with Crippen LogP contribution in [0.5, 0.6) is 5.75 Å². The number of amides is 1. The lowest BCUT2D eigenvalue weighted by Crippen LogP contribution is -2.12. The van der Waals surface area contributed by atoms with Gasteiger partial charge in [-0.05, 0) is 30.5 Å². The van der Waals surface area contributed by atoms with Crippen molar-refractivity contribution >= 4 is 65.9 Å². The van der Waals surface area contributed by atoms with Crippen LogP contribution in [0.15, 0.2) is 40.7 Å². The highest BCUT2D eigenvalue weighted by atomic mass is 32.2. The number of nitrogens with one attached hydrogen (secondary N) is 1. The molecule has 4 aromatic rings. The molecule has 2 heterocycles. The minimum absolute atomic E-state index is 0.234. The van der Waals surface area contributed by atoms with E-state index in [9.17, 15) is 4.79 Å². The quantitative estimate of drug-likeness (QED) is 0.505. The van der Waals surface area contributed by atoms with Crippen LogP contribution < -0.4 is 10.1 Å². The van der Waals surface area contributed by atoms with E-state index in [0.717, 1.165) is 24.8 Å². The summed E-state index contributed by atoms with van der Waals surface area (Å²) in [5.74, 6) is 0.303. The summed E-state index contributed by atoms with van der Waals surface area (Å²) >= 11 is 4.75. The lowest BCUT2D eigenvalue weighted by atomic mass is 10.2. The lowest BCUT2D eigenvalue weighted by Gasteiger charge is -2.06. The van der Waals surface area contributed by atoms with E-state index in [0.29, 0.717) is 16.4 Å². The first kappa shape index (κ1) is 16.3. The zero-order valence-electron chi connectivity index (χ0n) is 13.4. The predicted molar refractivity (Wildman–Crippen MR) is 106 cm³/mol. The van der Waals surface area contributed by atoms with Gasteiger partial charge in [-0.25, -0.2) is 9.97 Å². The molecule has 0 unspecified atom stereocenters. The molecule has 0 aliphatic carbocycles. The third kappa shape index (κ3) is 2.97. The predicted octanol–water partition coefficient (Wildman–Crippen LogP) is 4.89. The molecule has 0 spiro atoms. The number of fused-ring (bicyclic) bond motifs is 3. The first-order valence-corrected chi connectivity index (χ1v) is 10.2. The number of thioether (sulfide) groups is 1. The van der Waals surface area contributed by atoms with Gasteiger partial charge >= 0.3 is 0 Å². The average Bonchev–Trinajstić information content (AvgIpc) is 3.24. The van der Waals surface area contributed by atoms with Crippen LogP contribution >= 0.6 is 34.4 Å². The van der Waals surface area contributed by atoms with Gasteiger partial charge in [0, 0.05) is 0 Å². The zero-order chi connectivity index (χ0) is 17.4. The van der Waals surface area contributed by atoms with Crippen LogP contribution in [-0.2, 0) is 0 Å². The average molecular weight is 388 g/mol. The zero-order valence-corrected chi connectivity index (χ0v) is 15.8. The van der Waals surface area contributed by atoms with Crippen molar-refractivity contribution in [3.63, 3.8) is 0 Å². The third-order valence-electron chi connectivity index (χ3n) is 3.64. The Bertz CT molecular complexity index is 1090. The molecule has 8 heteroatoms. The van der Waals surface area contributed by atoms with Gasteiger partial charge in [0.15, 0.2) is 9.47 Å². The Morgan fingerprint density at radius 2 is 1.80 bits per heavy atom. The molecule has 126 valence electrons. The Balaban J connectivity index is 1.71. The lowest BCUT2D eigenvalue weighted by molar-refractivity contribution is 0.102. The maximum atomic E-state index is 12.5. The van der Waals surface area contributed by atoms with E-state index in [1.807, 2.05) is 24.5 Å². The van der Waals surface area contributed by atoms with Crippen molar-refractivity contribution in [1.82, 2.24) is 9.97 Å². The molecule has 0 aliphatic heterocycles. The van der Waals surface area contributed by atoms with Crippen LogP contribution in [0.2, 0.25) is 0 Å². The van der Waals surface area contributed by atoms with Crippen molar-refractivity contribution in [3.05, 3.63) is 42.0 Å². The van der Waals surface area contributed by atoms with Gasteiger partial charge in [0.1, 0.15) is 5.75 Å². The van der Waals surface area contributed by atoms with Gasteiger partial charge in [0.05, 0.1) is 33.1 Å². The smallest absolute Gasteiger partial charge is 0.261 e. The summed E-state index contributed by atoms with van der Waals surface area (Å²) in [5, 5.41) is 3.44. The monoisotopic (exact) mass is 387 g/mol. The molecule has 2 aromatic carbocycles. The van der Waals surface area contributed by atoms with Gasteiger partial charge in [0.25, 0.3) is 5.91 Å². The third-order valence-corrected chi connectivity index (χ3v) is 6.85. The highest BCUT2D eigenvalue weighted by Gasteiger charge is 2.16. The summed E-state index contributed by atoms with van der Waals surface area (Å²) < 4.78 is 8.43. The summed E-state index contributed by atoms with van der Waals surface area (Å²) in [7, 11) is 1.55. The van der Waals surface area contributed by atoms with Crippen LogP contribution in [-0.4, -0.2) is 29.2 Å². The molecule has 25 heavy (non-hydrogen) atoms. The number of methoxy groups -OCH3 is 1. The van der Waals surface area contributed by atoms with Crippen LogP contribution in [0.25, 0.3) is 20.4 Å². The second-order valence-electron chi connectivity index (χ2n) is 5.12. The van der Waals surface area contributed by atoms with Crippen molar-refractivity contribution in [2.75, 3.05) is 18.7 Å². The van der Waals surface area contributed by atoms with Crippen molar-refractivity contribution in [2.24, 2.45) is 0 Å². The maximum absolute atomic E-state index is 12.5. The SMILES string of the molecule is COc1ccccc1C(=O)Nc1nc2ccc3nc(SC)sc3c2s1. The van der Waals surface area contributed by atoms with Crippen LogP contribution in [0.4, 0.5) is 5.13 Å². The molecule has 2 aromatic heterocycles. The summed E-state index contributed by atoms with van der Waals surface area (Å²) in [4.78, 5) is 21.7. The summed E-state index contributed by atoms with van der Waals surface area (Å²) in [6, 6.07) is 11.0. The minimum Gasteiger partial charge on any atom is -0.496 e. The Labute approximate surface area is 156 Å². The molecular weight excluding hydrogens is 374 g/mol. The second-order valence-corrected chi connectivity index (χ2v) is 8.17. The van der Waals surface area contributed by atoms with Crippen molar-refractivity contribution in [2.45, 2.75) is 4.34 Å². The Hall–Kier alpha value is -2.16. The number of para-hydroxylation sites is 1. The fraction of sp³-hybridized carbons (Fsp3) is 0.118. The molecule has 0 aliphatic rings. The number of anilines is 1. The number of carbonyl (C=O) groups is 1. The van der Waals surface area contributed by atoms with Crippen LogP contribution in [0, 0.1) is 0 Å². The van der Waals surface area contributed by atoms with E-state index in [4.69, 9.17) is 4.74 Å². The number of aromatic nitrogens is 2. The van der Waals surface area contributed by atoms with Gasteiger partial charge in [-0.2, -0.15) is 0 Å². The standard InChI is InChI=1S/C17H13N3O2S3/c1-22-12-6-4-3-5-9(12)15(21)20-16-18-10-7-8-11-14(13(10)24-16)25-17(19-11)23-2/h3-8H,1-2H3,(H,18,20,21). The van der Waals surface area contributed by atoms with Crippen LogP contribution in [0.3, 0.4) is 0 Å². The summed E-state index contributed by atoms with van der Waals surface area (Å²) in [6.07, 6.45) is 2.01. The van der Waals surface area contributed by atoms with Crippen molar-refractivity contribution in [3.8, 4) is 5.75 Å². The molecule has 0 bridgehead atoms. The largest absolute Gasteiger partial charge is 0.496 e. The topological polar surface area (TPSA) is 64.1 Å². The number of thiazole rings is 2. The van der Waals surface area contributed by atoms with Gasteiger partial charge in [-0.15, -0.1) is 11.3 Å². The van der Waals surface area contributed by atoms with Gasteiger partial charge in [0.2, 0.25) is 0 Å². The van der Waals surface area contributed by atoms with E-state index < -0.39 is 0 Å². The molecule has 0 atom stereocenters. The van der Waals surface area contributed by atoms with E-state index >= 15 is 0 Å². The number of benzene rings is 2. The highest BCUT2D eigenvalue weighted by molar-refractivity contribution is 8.00. The number of rotatable bonds is 4. The number of hydrogen-bond acceptors (Lipinski definition) is 7. The molecule has 1 amide bonds. The molecule has 0 saturated heterocycles. The van der Waals surface area contributed by atoms with Crippen LogP contribution in [0.1, 0.15) is 10.4 Å². The Morgan fingerprint density at radius 1 is 1.08 bits per heavy atom. The maximum Gasteiger partial charge on any atom is 0.261 e. The highest BCUT2D eigenvalue weighted by Crippen LogP contribution is 2.38. The minimum atomic E-state index is -0.234. The van der Waals surface area contributed by atoms with Gasteiger partial charge in [-0.1, -0.05) is 35.2 Å². The Kier molecular flexibility index (Phi) is 4.32. The van der Waals surface area contributed by atoms with Gasteiger partial charge < -0.3 is 4.74 Å². The van der Waals surface area contributed by atoms with Gasteiger partial charge in [-0.3, -0.25) is 10.1 Å². The number of ether oxygens (including phenoxy) is 1. The number of carbonyl (C=O) groups excluding carboxylic acids is 1. The number of nitrogens with zero attached hydrogens (tertiary/aromatic N) is 2. The first-order valence-electron chi connectivity index (χ1n) is 7.38. The fourth-order valence-electron chi connectivity index (χ4n) is 2.49. The molecule has 5 nitrogen and oxygen atoms in total. The molecule has 1 N–H and O–H groups in total. The van der Waals surface area contributed by atoms with E-state index in [2.05, 4.69) is 15.3 Å². The fourth-order valence-corrected chi connectivity index (χ4v) is 5.14. The Morgan fingerprint density at radius 3 is 2.56 bits per heavy atom. The van der Waals surface area contributed by atoms with E-state index in [-0.39, 0.29) is 5.91 Å². The normalized spacial score (nSPS) is 11.1. The molecule has 0 radical (unpaired) electrons. The summed E-state index contributed by atoms with van der Waals surface area (Å²) in [6.45, 7) is 0.